The van der Waals surface area contributed by atoms with E-state index in [1.54, 1.807) is 13.0 Å². The van der Waals surface area contributed by atoms with Gasteiger partial charge in [0.1, 0.15) is 11.9 Å². The molecular formula is C32H44N6O3. The Kier molecular flexibility index (Phi) is 7.14. The van der Waals surface area contributed by atoms with Crippen molar-refractivity contribution in [3.8, 4) is 0 Å². The molecule has 2 saturated heterocycles. The van der Waals surface area contributed by atoms with Crippen LogP contribution in [-0.2, 0) is 9.59 Å². The Morgan fingerprint density at radius 2 is 1.61 bits per heavy atom. The fourth-order valence-corrected chi connectivity index (χ4v) is 9.30. The maximum absolute atomic E-state index is 13.3. The standard InChI is InChI=1S/C32H44N6O3/c1-21-34-27-17-25(2-3-26(27)31(41)38(21)28-4-5-29(39)35-30(28)40)33-7-9-37-12-10-36(11-13-37)8-6-32-18-22-14-23(19-32)16-24(15-22)20-32/h2-3,17,22-24,28,33H,4-16,18-20H2,1H3,(H,35,39,40). The molecule has 1 aromatic heterocycles. The van der Waals surface area contributed by atoms with Gasteiger partial charge in [0.05, 0.1) is 10.9 Å². The van der Waals surface area contributed by atoms with Crippen molar-refractivity contribution in [1.82, 2.24) is 24.7 Å². The lowest BCUT2D eigenvalue weighted by molar-refractivity contribution is -0.135. The number of benzene rings is 1. The van der Waals surface area contributed by atoms with Gasteiger partial charge in [-0.05, 0) is 106 Å². The number of aryl methyl sites for hydroxylation is 1. The van der Waals surface area contributed by atoms with Crippen molar-refractivity contribution in [2.75, 3.05) is 51.1 Å². The van der Waals surface area contributed by atoms with Crippen LogP contribution in [0.1, 0.15) is 69.7 Å². The molecule has 6 aliphatic rings. The van der Waals surface area contributed by atoms with Gasteiger partial charge in [0, 0.05) is 51.4 Å². The predicted octanol–water partition coefficient (Wildman–Crippen LogP) is 3.32. The van der Waals surface area contributed by atoms with Gasteiger partial charge in [-0.15, -0.1) is 0 Å². The molecule has 0 radical (unpaired) electrons. The Labute approximate surface area is 242 Å². The first kappa shape index (κ1) is 27.1. The number of anilines is 1. The van der Waals surface area contributed by atoms with Gasteiger partial charge in [-0.3, -0.25) is 29.2 Å². The highest BCUT2D eigenvalue weighted by atomic mass is 16.2. The van der Waals surface area contributed by atoms with E-state index in [1.807, 2.05) is 12.1 Å². The van der Waals surface area contributed by atoms with Crippen LogP contribution in [0.4, 0.5) is 5.69 Å². The van der Waals surface area contributed by atoms with E-state index in [9.17, 15) is 14.4 Å². The fraction of sp³-hybridized carbons (Fsp3) is 0.688. The average Bonchev–Trinajstić information content (AvgIpc) is 2.93. The second-order valence-corrected chi connectivity index (χ2v) is 13.8. The topological polar surface area (TPSA) is 99.6 Å². The van der Waals surface area contributed by atoms with E-state index in [2.05, 4.69) is 25.4 Å². The van der Waals surface area contributed by atoms with Crippen molar-refractivity contribution in [3.05, 3.63) is 34.4 Å². The molecule has 1 atom stereocenters. The summed E-state index contributed by atoms with van der Waals surface area (Å²) in [7, 11) is 0. The average molecular weight is 561 g/mol. The molecule has 8 rings (SSSR count). The van der Waals surface area contributed by atoms with E-state index in [0.29, 0.717) is 28.6 Å². The van der Waals surface area contributed by atoms with E-state index >= 15 is 0 Å². The predicted molar refractivity (Wildman–Crippen MR) is 159 cm³/mol. The second-order valence-electron chi connectivity index (χ2n) is 13.8. The minimum Gasteiger partial charge on any atom is -0.384 e. The molecule has 41 heavy (non-hydrogen) atoms. The van der Waals surface area contributed by atoms with E-state index in [-0.39, 0.29) is 17.9 Å². The summed E-state index contributed by atoms with van der Waals surface area (Å²) in [6.07, 6.45) is 11.1. The maximum atomic E-state index is 13.3. The summed E-state index contributed by atoms with van der Waals surface area (Å²) in [6.45, 7) is 9.45. The van der Waals surface area contributed by atoms with Crippen molar-refractivity contribution in [3.63, 3.8) is 0 Å². The number of hydrogen-bond acceptors (Lipinski definition) is 7. The van der Waals surface area contributed by atoms with Crippen molar-refractivity contribution >= 4 is 28.4 Å². The highest BCUT2D eigenvalue weighted by molar-refractivity contribution is 5.99. The van der Waals surface area contributed by atoms with E-state index in [4.69, 9.17) is 0 Å². The molecule has 2 amide bonds. The van der Waals surface area contributed by atoms with Crippen LogP contribution in [0.5, 0.6) is 0 Å². The highest BCUT2D eigenvalue weighted by Gasteiger charge is 2.50. The smallest absolute Gasteiger partial charge is 0.262 e. The Hall–Kier alpha value is -2.78. The molecule has 9 nitrogen and oxygen atoms in total. The summed E-state index contributed by atoms with van der Waals surface area (Å²) in [5.74, 6) is 2.89. The zero-order chi connectivity index (χ0) is 28.1. The van der Waals surface area contributed by atoms with Crippen LogP contribution in [0.3, 0.4) is 0 Å². The summed E-state index contributed by atoms with van der Waals surface area (Å²) < 4.78 is 1.43. The lowest BCUT2D eigenvalue weighted by Crippen LogP contribution is -2.50. The van der Waals surface area contributed by atoms with Crippen LogP contribution >= 0.6 is 0 Å². The number of fused-ring (bicyclic) bond motifs is 1. The first-order valence-electron chi connectivity index (χ1n) is 15.9. The minimum absolute atomic E-state index is 0.222. The second kappa shape index (κ2) is 10.8. The number of hydrogen-bond donors (Lipinski definition) is 2. The number of carbonyl (C=O) groups is 2. The van der Waals surface area contributed by atoms with Crippen molar-refractivity contribution < 1.29 is 9.59 Å². The van der Waals surface area contributed by atoms with Crippen LogP contribution in [0.25, 0.3) is 10.9 Å². The van der Waals surface area contributed by atoms with Gasteiger partial charge < -0.3 is 10.2 Å². The molecule has 2 aromatic rings. The van der Waals surface area contributed by atoms with Crippen LogP contribution in [-0.4, -0.2) is 77.0 Å². The van der Waals surface area contributed by atoms with Crippen LogP contribution in [0, 0.1) is 30.1 Å². The molecule has 3 heterocycles. The number of rotatable bonds is 8. The third kappa shape index (κ3) is 5.43. The number of piperazine rings is 1. The SMILES string of the molecule is Cc1nc2cc(NCCN3CCN(CCC45CC6CC(CC(C6)C4)C5)CC3)ccc2c(=O)n1C1CCC(=O)NC1=O. The van der Waals surface area contributed by atoms with Crippen LogP contribution < -0.4 is 16.2 Å². The molecule has 6 fully saturated rings. The number of nitrogens with one attached hydrogen (secondary N) is 2. The lowest BCUT2D eigenvalue weighted by Gasteiger charge is -2.57. The van der Waals surface area contributed by atoms with Gasteiger partial charge in [-0.2, -0.15) is 0 Å². The number of nitrogens with zero attached hydrogens (tertiary/aromatic N) is 4. The Balaban J connectivity index is 0.895. The summed E-state index contributed by atoms with van der Waals surface area (Å²) in [5.41, 5.74) is 2.00. The number of imide groups is 1. The molecule has 2 N–H and O–H groups in total. The quantitative estimate of drug-likeness (QED) is 0.478. The summed E-state index contributed by atoms with van der Waals surface area (Å²) >= 11 is 0. The van der Waals surface area contributed by atoms with Crippen LogP contribution in [0.2, 0.25) is 0 Å². The third-order valence-corrected chi connectivity index (χ3v) is 10.9. The summed E-state index contributed by atoms with van der Waals surface area (Å²) in [4.78, 5) is 47.1. The summed E-state index contributed by atoms with van der Waals surface area (Å²) in [6, 6.07) is 4.92. The van der Waals surface area contributed by atoms with Gasteiger partial charge in [-0.1, -0.05) is 0 Å². The van der Waals surface area contributed by atoms with Crippen molar-refractivity contribution in [2.45, 2.75) is 70.8 Å². The van der Waals surface area contributed by atoms with E-state index in [0.717, 1.165) is 49.6 Å². The summed E-state index contributed by atoms with van der Waals surface area (Å²) in [5, 5.41) is 6.34. The molecule has 220 valence electrons. The highest BCUT2D eigenvalue weighted by Crippen LogP contribution is 2.61. The van der Waals surface area contributed by atoms with Gasteiger partial charge in [0.15, 0.2) is 0 Å². The first-order valence-corrected chi connectivity index (χ1v) is 15.9. The monoisotopic (exact) mass is 560 g/mol. The Morgan fingerprint density at radius 3 is 2.27 bits per heavy atom. The third-order valence-electron chi connectivity index (χ3n) is 10.9. The van der Waals surface area contributed by atoms with Gasteiger partial charge in [0.25, 0.3) is 5.56 Å². The molecule has 4 saturated carbocycles. The van der Waals surface area contributed by atoms with E-state index in [1.165, 1.54) is 69.1 Å². The van der Waals surface area contributed by atoms with Gasteiger partial charge in [0.2, 0.25) is 11.8 Å². The molecular weight excluding hydrogens is 516 g/mol. The first-order chi connectivity index (χ1) is 19.8. The fourth-order valence-electron chi connectivity index (χ4n) is 9.30. The normalized spacial score (nSPS) is 32.0. The zero-order valence-electron chi connectivity index (χ0n) is 24.4. The molecule has 1 aromatic carbocycles. The number of carbonyl (C=O) groups excluding carboxylic acids is 2. The number of amides is 2. The number of piperidine rings is 1. The molecule has 2 aliphatic heterocycles. The Bertz CT molecular complexity index is 1360. The Morgan fingerprint density at radius 1 is 0.951 bits per heavy atom. The van der Waals surface area contributed by atoms with E-state index < -0.39 is 11.9 Å². The molecule has 4 aliphatic carbocycles. The molecule has 9 heteroatoms. The van der Waals surface area contributed by atoms with Crippen molar-refractivity contribution in [2.24, 2.45) is 23.2 Å². The van der Waals surface area contributed by atoms with Gasteiger partial charge in [-0.25, -0.2) is 4.98 Å². The number of aromatic nitrogens is 2. The van der Waals surface area contributed by atoms with Crippen LogP contribution in [0.15, 0.2) is 23.0 Å². The minimum atomic E-state index is -0.701. The largest absolute Gasteiger partial charge is 0.384 e. The molecule has 0 spiro atoms. The van der Waals surface area contributed by atoms with Gasteiger partial charge >= 0.3 is 0 Å². The maximum Gasteiger partial charge on any atom is 0.262 e. The molecule has 1 unspecified atom stereocenters. The lowest BCUT2D eigenvalue weighted by atomic mass is 9.49. The molecule has 4 bridgehead atoms. The zero-order valence-corrected chi connectivity index (χ0v) is 24.4. The van der Waals surface area contributed by atoms with Crippen molar-refractivity contribution in [1.29, 1.82) is 0 Å².